The van der Waals surface area contributed by atoms with E-state index in [9.17, 15) is 19.2 Å². The van der Waals surface area contributed by atoms with E-state index in [4.69, 9.17) is 9.84 Å². The van der Waals surface area contributed by atoms with E-state index in [0.717, 1.165) is 22.3 Å². The number of carboxylic acid groups (broad SMARTS) is 1. The summed E-state index contributed by atoms with van der Waals surface area (Å²) >= 11 is 2.69. The van der Waals surface area contributed by atoms with Crippen molar-refractivity contribution in [1.29, 1.82) is 0 Å². The minimum Gasteiger partial charge on any atom is -0.870 e. The van der Waals surface area contributed by atoms with Gasteiger partial charge in [-0.3, -0.25) is 9.59 Å². The van der Waals surface area contributed by atoms with Crippen molar-refractivity contribution in [2.45, 2.75) is 39.5 Å². The monoisotopic (exact) mass is 666 g/mol. The number of aromatic nitrogens is 4. The summed E-state index contributed by atoms with van der Waals surface area (Å²) in [7, 11) is 1.34. The van der Waals surface area contributed by atoms with Gasteiger partial charge in [0.2, 0.25) is 11.6 Å². The van der Waals surface area contributed by atoms with Crippen LogP contribution in [-0.4, -0.2) is 61.1 Å². The predicted molar refractivity (Wildman–Crippen MR) is 176 cm³/mol. The second-order valence-electron chi connectivity index (χ2n) is 10.8. The number of hydrogen-bond acceptors (Lipinski definition) is 10. The zero-order valence-corrected chi connectivity index (χ0v) is 28.2. The second-order valence-corrected chi connectivity index (χ2v) is 12.6. The molecule has 0 radical (unpaired) electrons. The van der Waals surface area contributed by atoms with Gasteiger partial charge >= 0.3 is 30.8 Å². The summed E-state index contributed by atoms with van der Waals surface area (Å²) in [4.78, 5) is 62.6. The smallest absolute Gasteiger partial charge is 0.870 e. The predicted octanol–water partition coefficient (Wildman–Crippen LogP) is 4.27. The molecule has 0 bridgehead atoms. The van der Waals surface area contributed by atoms with Crippen LogP contribution in [-0.2, 0) is 4.74 Å². The van der Waals surface area contributed by atoms with Gasteiger partial charge in [-0.05, 0) is 36.1 Å². The van der Waals surface area contributed by atoms with Crippen LogP contribution in [0.5, 0.6) is 0 Å². The fourth-order valence-electron chi connectivity index (χ4n) is 4.55. The minimum atomic E-state index is -0.995. The summed E-state index contributed by atoms with van der Waals surface area (Å²) in [5.74, 6) is -1.09. The molecule has 0 amide bonds. The first kappa shape index (κ1) is 37.1. The van der Waals surface area contributed by atoms with Crippen LogP contribution in [0.3, 0.4) is 0 Å². The van der Waals surface area contributed by atoms with E-state index >= 15 is 0 Å². The molecule has 0 aliphatic carbocycles. The van der Waals surface area contributed by atoms with Crippen molar-refractivity contribution in [3.8, 4) is 0 Å². The standard InChI is InChI=1S/C17H16N2O3S.C16H14N2O3S.Li.H2O/c1-9(2)14-8-23-16(19-14)15(20)12-7-18-13-6-10(17(21)22-3)4-5-11(12)13;1-8(2)13-7-22-15(18-13)14(19)11-6-17-12-5-9(16(20)21)3-4-10(11)12;;/h4-9,18H,1-3H3;3-8,17H,1-2H3,(H,20,21);;1H2/q;;+1;/p-1. The minimum absolute atomic E-state index is 0. The molecule has 0 fully saturated rings. The van der Waals surface area contributed by atoms with Crippen molar-refractivity contribution < 1.29 is 53.4 Å². The van der Waals surface area contributed by atoms with Gasteiger partial charge in [-0.25, -0.2) is 19.6 Å². The van der Waals surface area contributed by atoms with Crippen LogP contribution in [0.15, 0.2) is 59.6 Å². The maximum absolute atomic E-state index is 12.7. The third-order valence-corrected chi connectivity index (χ3v) is 8.85. The Balaban J connectivity index is 0.000000245. The van der Waals surface area contributed by atoms with E-state index in [-0.39, 0.29) is 47.4 Å². The number of ether oxygens (including phenoxy) is 1. The molecule has 47 heavy (non-hydrogen) atoms. The van der Waals surface area contributed by atoms with Crippen molar-refractivity contribution in [3.05, 3.63) is 103 Å². The normalized spacial score (nSPS) is 10.7. The molecule has 0 aliphatic heterocycles. The van der Waals surface area contributed by atoms with Crippen molar-refractivity contribution in [2.75, 3.05) is 7.11 Å². The van der Waals surface area contributed by atoms with Crippen molar-refractivity contribution in [3.63, 3.8) is 0 Å². The molecule has 0 aliphatic rings. The van der Waals surface area contributed by atoms with Gasteiger partial charge in [0, 0.05) is 45.0 Å². The number of nitrogens with one attached hydrogen (secondary N) is 2. The Bertz CT molecular complexity index is 2070. The molecule has 4 heterocycles. The molecule has 14 heteroatoms. The van der Waals surface area contributed by atoms with E-state index in [1.54, 1.807) is 36.7 Å². The van der Waals surface area contributed by atoms with Gasteiger partial charge in [0.1, 0.15) is 0 Å². The summed E-state index contributed by atoms with van der Waals surface area (Å²) in [5, 5.41) is 15.2. The molecular weight excluding hydrogens is 635 g/mol. The summed E-state index contributed by atoms with van der Waals surface area (Å²) in [6.45, 7) is 8.15. The third kappa shape index (κ3) is 7.78. The van der Waals surface area contributed by atoms with E-state index in [2.05, 4.69) is 19.9 Å². The van der Waals surface area contributed by atoms with Gasteiger partial charge in [-0.15, -0.1) is 22.7 Å². The first-order chi connectivity index (χ1) is 21.5. The molecule has 0 spiro atoms. The number of aromatic amines is 2. The topological polar surface area (TPSA) is 185 Å². The number of methoxy groups -OCH3 is 1. The van der Waals surface area contributed by atoms with Crippen LogP contribution in [0, 0.1) is 0 Å². The van der Waals surface area contributed by atoms with Gasteiger partial charge in [-0.2, -0.15) is 0 Å². The number of carbonyl (C=O) groups excluding carboxylic acids is 3. The molecule has 0 saturated carbocycles. The Morgan fingerprint density at radius 1 is 0.745 bits per heavy atom. The Morgan fingerprint density at radius 3 is 1.55 bits per heavy atom. The maximum Gasteiger partial charge on any atom is 1.00 e. The van der Waals surface area contributed by atoms with Crippen LogP contribution >= 0.6 is 22.7 Å². The quantitative estimate of drug-likeness (QED) is 0.121. The molecule has 0 unspecified atom stereocenters. The number of fused-ring (bicyclic) bond motifs is 2. The van der Waals surface area contributed by atoms with E-state index in [1.165, 1.54) is 41.9 Å². The van der Waals surface area contributed by atoms with Crippen molar-refractivity contribution >= 4 is 68.0 Å². The zero-order valence-electron chi connectivity index (χ0n) is 26.6. The average molecular weight is 667 g/mol. The number of thiazole rings is 2. The van der Waals surface area contributed by atoms with Crippen LogP contribution in [0.1, 0.15) is 102 Å². The number of ketones is 2. The number of carboxylic acids is 1. The van der Waals surface area contributed by atoms with Gasteiger partial charge in [0.25, 0.3) is 0 Å². The number of rotatable bonds is 8. The van der Waals surface area contributed by atoms with E-state index in [0.29, 0.717) is 43.5 Å². The maximum atomic E-state index is 12.7. The first-order valence-electron chi connectivity index (χ1n) is 14.0. The summed E-state index contributed by atoms with van der Waals surface area (Å²) < 4.78 is 4.71. The molecule has 6 rings (SSSR count). The fraction of sp³-hybridized carbons (Fsp3) is 0.212. The number of nitrogens with zero attached hydrogens (tertiary/aromatic N) is 2. The SMILES string of the molecule is CC(C)c1csc(C(=O)c2c[nH]c3cc(C(=O)O)ccc23)n1.COC(=O)c1ccc2c(C(=O)c3nc(C(C)C)cs3)c[nH]c2c1.[Li+].[OH-]. The summed E-state index contributed by atoms with van der Waals surface area (Å²) in [6.07, 6.45) is 3.26. The molecule has 4 N–H and O–H groups in total. The number of aromatic carboxylic acids is 1. The molecule has 2 aromatic carbocycles. The zero-order chi connectivity index (χ0) is 32.4. The average Bonchev–Trinajstić information content (AvgIpc) is 3.84. The van der Waals surface area contributed by atoms with Crippen LogP contribution in [0.4, 0.5) is 0 Å². The molecule has 0 atom stereocenters. The van der Waals surface area contributed by atoms with Crippen molar-refractivity contribution in [2.24, 2.45) is 0 Å². The fourth-order valence-corrected chi connectivity index (χ4v) is 6.41. The largest absolute Gasteiger partial charge is 1.00 e. The molecular formula is C33H31LiN4O7S2. The number of hydrogen-bond donors (Lipinski definition) is 3. The number of esters is 1. The van der Waals surface area contributed by atoms with Gasteiger partial charge in [0.05, 0.1) is 40.8 Å². The second kappa shape index (κ2) is 15.5. The molecule has 6 aromatic rings. The number of benzene rings is 2. The molecule has 11 nitrogen and oxygen atoms in total. The van der Waals surface area contributed by atoms with Crippen LogP contribution < -0.4 is 18.9 Å². The molecule has 238 valence electrons. The van der Waals surface area contributed by atoms with E-state index in [1.807, 2.05) is 38.5 Å². The number of carbonyl (C=O) groups is 4. The molecule has 4 aromatic heterocycles. The van der Waals surface area contributed by atoms with E-state index < -0.39 is 11.9 Å². The van der Waals surface area contributed by atoms with Gasteiger partial charge < -0.3 is 25.3 Å². The van der Waals surface area contributed by atoms with Gasteiger partial charge in [-0.1, -0.05) is 39.8 Å². The Kier molecular flexibility index (Phi) is 12.2. The third-order valence-electron chi connectivity index (χ3n) is 7.14. The Labute approximate surface area is 289 Å². The summed E-state index contributed by atoms with van der Waals surface area (Å²) in [6, 6.07) is 9.76. The Hall–Kier alpha value is -4.38. The van der Waals surface area contributed by atoms with Crippen molar-refractivity contribution in [1.82, 2.24) is 19.9 Å². The first-order valence-corrected chi connectivity index (χ1v) is 15.8. The summed E-state index contributed by atoms with van der Waals surface area (Å²) in [5.41, 5.74) is 4.87. The van der Waals surface area contributed by atoms with Gasteiger partial charge in [0.15, 0.2) is 10.0 Å². The Morgan fingerprint density at radius 2 is 1.17 bits per heavy atom. The van der Waals surface area contributed by atoms with Crippen LogP contribution in [0.2, 0.25) is 0 Å². The van der Waals surface area contributed by atoms with Crippen LogP contribution in [0.25, 0.3) is 21.8 Å². The molecule has 0 saturated heterocycles. The number of H-pyrrole nitrogens is 2.